The van der Waals surface area contributed by atoms with Gasteiger partial charge in [-0.3, -0.25) is 14.2 Å². The Morgan fingerprint density at radius 1 is 1.21 bits per heavy atom. The van der Waals surface area contributed by atoms with E-state index in [0.29, 0.717) is 16.0 Å². The molecule has 0 aliphatic rings. The first-order valence-corrected chi connectivity index (χ1v) is 8.49. The molecule has 0 aliphatic carbocycles. The standard InChI is InChI=1S/C18H18N2O3S/c1-10-4-6-13(7-5-10)16-19-17-15(11(2)12(3)24-17)18(23)20(16)9-8-14(21)22/h4-7H,8-9H2,1-3H3,(H,21,22). The highest BCUT2D eigenvalue weighted by Crippen LogP contribution is 2.28. The Morgan fingerprint density at radius 3 is 2.50 bits per heavy atom. The molecule has 6 heteroatoms. The zero-order chi connectivity index (χ0) is 17.4. The van der Waals surface area contributed by atoms with Crippen LogP contribution >= 0.6 is 11.3 Å². The maximum Gasteiger partial charge on any atom is 0.305 e. The van der Waals surface area contributed by atoms with Gasteiger partial charge in [0.25, 0.3) is 5.56 Å². The van der Waals surface area contributed by atoms with Gasteiger partial charge in [-0.05, 0) is 26.3 Å². The fourth-order valence-electron chi connectivity index (χ4n) is 2.67. The van der Waals surface area contributed by atoms with E-state index in [0.717, 1.165) is 21.6 Å². The molecular weight excluding hydrogens is 324 g/mol. The first kappa shape index (κ1) is 16.4. The van der Waals surface area contributed by atoms with Gasteiger partial charge in [-0.1, -0.05) is 29.8 Å². The third-order valence-corrected chi connectivity index (χ3v) is 5.25. The van der Waals surface area contributed by atoms with Gasteiger partial charge < -0.3 is 5.11 Å². The summed E-state index contributed by atoms with van der Waals surface area (Å²) in [5, 5.41) is 9.60. The van der Waals surface area contributed by atoms with Crippen molar-refractivity contribution >= 4 is 27.5 Å². The number of aromatic nitrogens is 2. The van der Waals surface area contributed by atoms with Gasteiger partial charge >= 0.3 is 5.97 Å². The van der Waals surface area contributed by atoms with Crippen LogP contribution in [0.4, 0.5) is 0 Å². The Bertz CT molecular complexity index is 984. The van der Waals surface area contributed by atoms with E-state index in [2.05, 4.69) is 4.98 Å². The lowest BCUT2D eigenvalue weighted by molar-refractivity contribution is -0.137. The third-order valence-electron chi connectivity index (χ3n) is 4.15. The molecule has 0 saturated heterocycles. The molecule has 0 radical (unpaired) electrons. The number of fused-ring (bicyclic) bond motifs is 1. The van der Waals surface area contributed by atoms with E-state index in [9.17, 15) is 9.59 Å². The van der Waals surface area contributed by atoms with Crippen LogP contribution in [0.25, 0.3) is 21.6 Å². The van der Waals surface area contributed by atoms with Crippen molar-refractivity contribution in [2.45, 2.75) is 33.7 Å². The second-order valence-electron chi connectivity index (χ2n) is 5.87. The number of thiophene rings is 1. The monoisotopic (exact) mass is 342 g/mol. The fourth-order valence-corrected chi connectivity index (χ4v) is 3.68. The number of aliphatic carboxylic acids is 1. The van der Waals surface area contributed by atoms with Gasteiger partial charge in [-0.25, -0.2) is 4.98 Å². The molecule has 0 saturated carbocycles. The molecule has 1 aromatic carbocycles. The molecular formula is C18H18N2O3S. The zero-order valence-corrected chi connectivity index (χ0v) is 14.6. The highest BCUT2D eigenvalue weighted by Gasteiger charge is 2.18. The summed E-state index contributed by atoms with van der Waals surface area (Å²) in [4.78, 5) is 30.4. The van der Waals surface area contributed by atoms with Crippen LogP contribution in [0.1, 0.15) is 22.4 Å². The fraction of sp³-hybridized carbons (Fsp3) is 0.278. The lowest BCUT2D eigenvalue weighted by Crippen LogP contribution is -2.24. The maximum absolute atomic E-state index is 13.0. The lowest BCUT2D eigenvalue weighted by atomic mass is 10.1. The molecule has 0 bridgehead atoms. The number of carboxylic acids is 1. The van der Waals surface area contributed by atoms with Crippen LogP contribution in [0.3, 0.4) is 0 Å². The molecule has 5 nitrogen and oxygen atoms in total. The summed E-state index contributed by atoms with van der Waals surface area (Å²) in [6.07, 6.45) is -0.117. The Labute approximate surface area is 143 Å². The van der Waals surface area contributed by atoms with Crippen LogP contribution in [0.5, 0.6) is 0 Å². The molecule has 1 N–H and O–H groups in total. The summed E-state index contributed by atoms with van der Waals surface area (Å²) in [5.74, 6) is -0.412. The second kappa shape index (κ2) is 6.20. The lowest BCUT2D eigenvalue weighted by Gasteiger charge is -2.12. The van der Waals surface area contributed by atoms with Gasteiger partial charge in [-0.2, -0.15) is 0 Å². The van der Waals surface area contributed by atoms with Crippen LogP contribution in [-0.2, 0) is 11.3 Å². The largest absolute Gasteiger partial charge is 0.481 e. The minimum Gasteiger partial charge on any atom is -0.481 e. The Kier molecular flexibility index (Phi) is 4.24. The first-order valence-electron chi connectivity index (χ1n) is 7.68. The van der Waals surface area contributed by atoms with E-state index in [1.54, 1.807) is 0 Å². The van der Waals surface area contributed by atoms with Crippen LogP contribution in [0, 0.1) is 20.8 Å². The van der Waals surface area contributed by atoms with Gasteiger partial charge in [0.05, 0.1) is 11.8 Å². The van der Waals surface area contributed by atoms with Crippen molar-refractivity contribution in [1.29, 1.82) is 0 Å². The van der Waals surface area contributed by atoms with Crippen molar-refractivity contribution < 1.29 is 9.90 Å². The first-order chi connectivity index (χ1) is 11.4. The molecule has 0 fully saturated rings. The molecule has 2 heterocycles. The molecule has 0 spiro atoms. The van der Waals surface area contributed by atoms with E-state index in [1.807, 2.05) is 45.0 Å². The molecule has 3 rings (SSSR count). The predicted octanol–water partition coefficient (Wildman–Crippen LogP) is 3.52. The van der Waals surface area contributed by atoms with Crippen molar-refractivity contribution in [2.75, 3.05) is 0 Å². The van der Waals surface area contributed by atoms with E-state index < -0.39 is 5.97 Å². The van der Waals surface area contributed by atoms with Crippen LogP contribution in [-0.4, -0.2) is 20.6 Å². The van der Waals surface area contributed by atoms with Crippen LogP contribution in [0.2, 0.25) is 0 Å². The molecule has 3 aromatic rings. The molecule has 24 heavy (non-hydrogen) atoms. The number of benzene rings is 1. The smallest absolute Gasteiger partial charge is 0.305 e. The summed E-state index contributed by atoms with van der Waals surface area (Å²) in [6.45, 7) is 5.97. The number of nitrogens with zero attached hydrogens (tertiary/aromatic N) is 2. The summed E-state index contributed by atoms with van der Waals surface area (Å²) < 4.78 is 1.49. The number of hydrogen-bond donors (Lipinski definition) is 1. The number of aryl methyl sites for hydroxylation is 3. The maximum atomic E-state index is 13.0. The number of carbonyl (C=O) groups is 1. The Balaban J connectivity index is 2.29. The average molecular weight is 342 g/mol. The van der Waals surface area contributed by atoms with Gasteiger partial charge in [0, 0.05) is 17.0 Å². The summed E-state index contributed by atoms with van der Waals surface area (Å²) in [7, 11) is 0. The SMILES string of the molecule is Cc1ccc(-c2nc3sc(C)c(C)c3c(=O)n2CCC(=O)O)cc1. The van der Waals surface area contributed by atoms with Crippen molar-refractivity contribution in [2.24, 2.45) is 0 Å². The number of carboxylic acid groups (broad SMARTS) is 1. The minimum atomic E-state index is -0.935. The Morgan fingerprint density at radius 2 is 1.88 bits per heavy atom. The molecule has 0 aliphatic heterocycles. The molecule has 2 aromatic heterocycles. The number of rotatable bonds is 4. The van der Waals surface area contributed by atoms with Crippen LogP contribution in [0.15, 0.2) is 29.1 Å². The van der Waals surface area contributed by atoms with Gasteiger partial charge in [-0.15, -0.1) is 11.3 Å². The Hall–Kier alpha value is -2.47. The second-order valence-corrected chi connectivity index (χ2v) is 7.07. The third kappa shape index (κ3) is 2.85. The summed E-state index contributed by atoms with van der Waals surface area (Å²) in [5.41, 5.74) is 2.68. The summed E-state index contributed by atoms with van der Waals surface area (Å²) in [6, 6.07) is 7.73. The minimum absolute atomic E-state index is 0.106. The highest BCUT2D eigenvalue weighted by atomic mass is 32.1. The van der Waals surface area contributed by atoms with E-state index >= 15 is 0 Å². The van der Waals surface area contributed by atoms with Crippen LogP contribution < -0.4 is 5.56 Å². The molecule has 0 unspecified atom stereocenters. The normalized spacial score (nSPS) is 11.1. The summed E-state index contributed by atoms with van der Waals surface area (Å²) >= 11 is 1.50. The molecule has 124 valence electrons. The van der Waals surface area contributed by atoms with Gasteiger partial charge in [0.1, 0.15) is 10.7 Å². The van der Waals surface area contributed by atoms with E-state index in [4.69, 9.17) is 5.11 Å². The van der Waals surface area contributed by atoms with Gasteiger partial charge in [0.2, 0.25) is 0 Å². The predicted molar refractivity (Wildman–Crippen MR) is 95.8 cm³/mol. The number of hydrogen-bond acceptors (Lipinski definition) is 4. The highest BCUT2D eigenvalue weighted by molar-refractivity contribution is 7.18. The van der Waals surface area contributed by atoms with E-state index in [-0.39, 0.29) is 18.5 Å². The van der Waals surface area contributed by atoms with Crippen molar-refractivity contribution in [3.8, 4) is 11.4 Å². The zero-order valence-electron chi connectivity index (χ0n) is 13.8. The van der Waals surface area contributed by atoms with E-state index in [1.165, 1.54) is 15.9 Å². The quantitative estimate of drug-likeness (QED) is 0.787. The van der Waals surface area contributed by atoms with Crippen molar-refractivity contribution in [3.05, 3.63) is 50.6 Å². The van der Waals surface area contributed by atoms with Gasteiger partial charge in [0.15, 0.2) is 0 Å². The topological polar surface area (TPSA) is 72.2 Å². The van der Waals surface area contributed by atoms with Crippen molar-refractivity contribution in [3.63, 3.8) is 0 Å². The molecule has 0 atom stereocenters. The molecule has 0 amide bonds. The van der Waals surface area contributed by atoms with Crippen molar-refractivity contribution in [1.82, 2.24) is 9.55 Å². The average Bonchev–Trinajstić information content (AvgIpc) is 2.81.